The summed E-state index contributed by atoms with van der Waals surface area (Å²) in [6, 6.07) is -0.685. The van der Waals surface area contributed by atoms with Gasteiger partial charge in [0.05, 0.1) is 0 Å². The van der Waals surface area contributed by atoms with Crippen molar-refractivity contribution in [3.63, 3.8) is 0 Å². The molecule has 2 rings (SSSR count). The smallest absolute Gasteiger partial charge is 0.326 e. The van der Waals surface area contributed by atoms with E-state index in [9.17, 15) is 14.7 Å². The fourth-order valence-corrected chi connectivity index (χ4v) is 3.04. The Kier molecular flexibility index (Phi) is 4.86. The van der Waals surface area contributed by atoms with Crippen LogP contribution < -0.4 is 0 Å². The van der Waals surface area contributed by atoms with Crippen LogP contribution in [0.2, 0.25) is 0 Å². The third-order valence-corrected chi connectivity index (χ3v) is 4.44. The topological polar surface area (TPSA) is 70.1 Å². The first-order chi connectivity index (χ1) is 9.50. The van der Waals surface area contributed by atoms with Crippen molar-refractivity contribution in [2.24, 2.45) is 5.92 Å². The molecule has 2 atom stereocenters. The lowest BCUT2D eigenvalue weighted by Crippen LogP contribution is -2.56. The van der Waals surface area contributed by atoms with Gasteiger partial charge in [-0.1, -0.05) is 6.92 Å². The zero-order valence-electron chi connectivity index (χ0n) is 12.2. The van der Waals surface area contributed by atoms with Crippen molar-refractivity contribution in [2.75, 3.05) is 26.8 Å². The fraction of sp³-hybridized carbons (Fsp3) is 0.857. The van der Waals surface area contributed by atoms with Crippen molar-refractivity contribution in [3.05, 3.63) is 0 Å². The predicted molar refractivity (Wildman–Crippen MR) is 73.5 cm³/mol. The molecule has 2 unspecified atom stereocenters. The van der Waals surface area contributed by atoms with Crippen LogP contribution in [0.3, 0.4) is 0 Å². The highest BCUT2D eigenvalue weighted by atomic mass is 16.5. The molecule has 0 aromatic rings. The molecule has 0 spiro atoms. The monoisotopic (exact) mass is 284 g/mol. The number of nitrogens with zero attached hydrogens (tertiary/aromatic N) is 2. The number of ether oxygens (including phenoxy) is 1. The van der Waals surface area contributed by atoms with Crippen LogP contribution >= 0.6 is 0 Å². The molecule has 0 bridgehead atoms. The minimum Gasteiger partial charge on any atom is -0.480 e. The van der Waals surface area contributed by atoms with Gasteiger partial charge in [-0.25, -0.2) is 9.59 Å². The van der Waals surface area contributed by atoms with E-state index in [0.29, 0.717) is 32.1 Å². The van der Waals surface area contributed by atoms with Gasteiger partial charge in [0.1, 0.15) is 6.04 Å². The lowest BCUT2D eigenvalue weighted by atomic mass is 9.92. The van der Waals surface area contributed by atoms with Crippen LogP contribution in [0.4, 0.5) is 4.79 Å². The van der Waals surface area contributed by atoms with Crippen LogP contribution in [-0.2, 0) is 9.53 Å². The summed E-state index contributed by atoms with van der Waals surface area (Å²) < 4.78 is 5.30. The Morgan fingerprint density at radius 1 is 1.25 bits per heavy atom. The summed E-state index contributed by atoms with van der Waals surface area (Å²) in [6.45, 7) is 3.91. The zero-order valence-corrected chi connectivity index (χ0v) is 12.2. The van der Waals surface area contributed by atoms with E-state index in [1.807, 2.05) is 6.92 Å². The van der Waals surface area contributed by atoms with E-state index in [1.165, 1.54) is 4.90 Å². The van der Waals surface area contributed by atoms with Gasteiger partial charge in [-0.15, -0.1) is 0 Å². The van der Waals surface area contributed by atoms with Crippen LogP contribution in [0, 0.1) is 5.92 Å². The van der Waals surface area contributed by atoms with E-state index < -0.39 is 12.0 Å². The molecule has 6 nitrogen and oxygen atoms in total. The van der Waals surface area contributed by atoms with Crippen LogP contribution in [0.1, 0.15) is 32.6 Å². The van der Waals surface area contributed by atoms with Crippen LogP contribution in [-0.4, -0.2) is 65.8 Å². The number of aliphatic carboxylic acids is 1. The first-order valence-corrected chi connectivity index (χ1v) is 7.34. The van der Waals surface area contributed by atoms with Crippen LogP contribution in [0.5, 0.6) is 0 Å². The minimum absolute atomic E-state index is 0.156. The number of hydrogen-bond acceptors (Lipinski definition) is 3. The molecule has 0 aliphatic carbocycles. The largest absolute Gasteiger partial charge is 0.480 e. The Hall–Kier alpha value is -1.30. The molecule has 2 saturated heterocycles. The van der Waals surface area contributed by atoms with Crippen molar-refractivity contribution in [2.45, 2.75) is 44.7 Å². The van der Waals surface area contributed by atoms with Crippen molar-refractivity contribution in [1.29, 1.82) is 0 Å². The molecule has 0 radical (unpaired) electrons. The Morgan fingerprint density at radius 2 is 1.90 bits per heavy atom. The molecule has 2 heterocycles. The molecule has 0 aromatic heterocycles. The maximum atomic E-state index is 12.6. The van der Waals surface area contributed by atoms with E-state index in [0.717, 1.165) is 19.3 Å². The summed E-state index contributed by atoms with van der Waals surface area (Å²) in [5.41, 5.74) is 0. The Morgan fingerprint density at radius 3 is 2.50 bits per heavy atom. The number of hydrogen-bond donors (Lipinski definition) is 1. The highest BCUT2D eigenvalue weighted by molar-refractivity contribution is 5.83. The second-order valence-corrected chi connectivity index (χ2v) is 5.91. The summed E-state index contributed by atoms with van der Waals surface area (Å²) in [5, 5.41) is 9.34. The van der Waals surface area contributed by atoms with Gasteiger partial charge in [-0.05, 0) is 31.6 Å². The quantitative estimate of drug-likeness (QED) is 0.832. The average molecular weight is 284 g/mol. The molecule has 2 aliphatic heterocycles. The van der Waals surface area contributed by atoms with Crippen LogP contribution in [0.25, 0.3) is 0 Å². The first kappa shape index (κ1) is 15.1. The van der Waals surface area contributed by atoms with E-state index >= 15 is 0 Å². The van der Waals surface area contributed by atoms with Gasteiger partial charge in [0, 0.05) is 32.8 Å². The lowest BCUT2D eigenvalue weighted by Gasteiger charge is -2.40. The maximum absolute atomic E-state index is 12.6. The number of carboxylic acids is 1. The second-order valence-electron chi connectivity index (χ2n) is 5.91. The third kappa shape index (κ3) is 3.23. The average Bonchev–Trinajstić information content (AvgIpc) is 2.46. The summed E-state index contributed by atoms with van der Waals surface area (Å²) in [5.74, 6) is -0.543. The number of carbonyl (C=O) groups excluding carboxylic acids is 1. The number of piperidine rings is 1. The molecular formula is C14H24N2O4. The summed E-state index contributed by atoms with van der Waals surface area (Å²) in [4.78, 5) is 27.2. The first-order valence-electron chi connectivity index (χ1n) is 7.34. The van der Waals surface area contributed by atoms with Crippen molar-refractivity contribution in [1.82, 2.24) is 9.80 Å². The van der Waals surface area contributed by atoms with Gasteiger partial charge in [-0.2, -0.15) is 0 Å². The molecule has 20 heavy (non-hydrogen) atoms. The number of likely N-dealkylation sites (tertiary alicyclic amines) is 1. The molecular weight excluding hydrogens is 260 g/mol. The lowest BCUT2D eigenvalue weighted by molar-refractivity contribution is -0.144. The predicted octanol–water partition coefficient (Wildman–Crippen LogP) is 1.40. The van der Waals surface area contributed by atoms with Crippen molar-refractivity contribution in [3.8, 4) is 0 Å². The summed E-state index contributed by atoms with van der Waals surface area (Å²) in [6.07, 6.45) is 3.06. The summed E-state index contributed by atoms with van der Waals surface area (Å²) >= 11 is 0. The van der Waals surface area contributed by atoms with E-state index in [-0.39, 0.29) is 12.1 Å². The highest BCUT2D eigenvalue weighted by Crippen LogP contribution is 2.25. The SMILES string of the molecule is CC1CCN(C(=O)N(C)C2CCOCC2)C(C(=O)O)C1. The van der Waals surface area contributed by atoms with Gasteiger partial charge >= 0.3 is 12.0 Å². The Bertz CT molecular complexity index is 368. The Labute approximate surface area is 119 Å². The van der Waals surface area contributed by atoms with Gasteiger partial charge in [0.15, 0.2) is 0 Å². The van der Waals surface area contributed by atoms with Gasteiger partial charge in [0.25, 0.3) is 0 Å². The number of urea groups is 1. The number of rotatable bonds is 2. The normalized spacial score (nSPS) is 28.2. The van der Waals surface area contributed by atoms with E-state index in [4.69, 9.17) is 4.74 Å². The number of carboxylic acid groups (broad SMARTS) is 1. The molecule has 2 fully saturated rings. The fourth-order valence-electron chi connectivity index (χ4n) is 3.04. The van der Waals surface area contributed by atoms with Gasteiger partial charge in [0.2, 0.25) is 0 Å². The third-order valence-electron chi connectivity index (χ3n) is 4.44. The second kappa shape index (κ2) is 6.43. The van der Waals surface area contributed by atoms with E-state index in [1.54, 1.807) is 11.9 Å². The minimum atomic E-state index is -0.898. The molecule has 0 saturated carbocycles. The van der Waals surface area contributed by atoms with Gasteiger partial charge < -0.3 is 19.6 Å². The van der Waals surface area contributed by atoms with Gasteiger partial charge in [-0.3, -0.25) is 0 Å². The molecule has 2 amide bonds. The van der Waals surface area contributed by atoms with Crippen molar-refractivity contribution < 1.29 is 19.4 Å². The molecule has 6 heteroatoms. The number of amides is 2. The molecule has 1 N–H and O–H groups in total. The summed E-state index contributed by atoms with van der Waals surface area (Å²) in [7, 11) is 1.77. The maximum Gasteiger partial charge on any atom is 0.326 e. The molecule has 0 aromatic carbocycles. The van der Waals surface area contributed by atoms with Crippen LogP contribution in [0.15, 0.2) is 0 Å². The van der Waals surface area contributed by atoms with Crippen molar-refractivity contribution >= 4 is 12.0 Å². The molecule has 2 aliphatic rings. The number of carbonyl (C=O) groups is 2. The Balaban J connectivity index is 2.03. The van der Waals surface area contributed by atoms with E-state index in [2.05, 4.69) is 0 Å². The molecule has 114 valence electrons. The standard InChI is InChI=1S/C14H24N2O4/c1-10-3-6-16(12(9-10)13(17)18)14(19)15(2)11-4-7-20-8-5-11/h10-12H,3-9H2,1-2H3,(H,17,18). The highest BCUT2D eigenvalue weighted by Gasteiger charge is 2.37. The zero-order chi connectivity index (χ0) is 14.7.